The lowest BCUT2D eigenvalue weighted by atomic mass is 9.99. The molecule has 3 rings (SSSR count). The molecule has 1 aliphatic heterocycles. The Bertz CT molecular complexity index is 757. The van der Waals surface area contributed by atoms with Gasteiger partial charge in [-0.3, -0.25) is 9.59 Å². The van der Waals surface area contributed by atoms with Gasteiger partial charge in [0.15, 0.2) is 12.4 Å². The minimum atomic E-state index is -0.424. The number of anilines is 1. The fourth-order valence-corrected chi connectivity index (χ4v) is 3.17. The van der Waals surface area contributed by atoms with Gasteiger partial charge in [0.05, 0.1) is 5.69 Å². The van der Waals surface area contributed by atoms with Crippen molar-refractivity contribution in [2.24, 2.45) is 0 Å². The maximum Gasteiger partial charge on any atom is 0.262 e. The third kappa shape index (κ3) is 2.76. The van der Waals surface area contributed by atoms with Crippen molar-refractivity contribution < 1.29 is 14.3 Å². The number of carbonyl (C=O) groups is 2. The number of rotatable bonds is 3. The summed E-state index contributed by atoms with van der Waals surface area (Å²) in [4.78, 5) is 23.6. The number of ketones is 1. The topological polar surface area (TPSA) is 55.4 Å². The third-order valence-corrected chi connectivity index (χ3v) is 4.50. The predicted molar refractivity (Wildman–Crippen MR) is 87.7 cm³/mol. The predicted octanol–water partition coefficient (Wildman–Crippen LogP) is 3.64. The molecular weight excluding hydrogens is 346 g/mol. The Labute approximate surface area is 136 Å². The van der Waals surface area contributed by atoms with Crippen LogP contribution in [-0.2, 0) is 4.79 Å². The van der Waals surface area contributed by atoms with Gasteiger partial charge in [-0.25, -0.2) is 0 Å². The van der Waals surface area contributed by atoms with E-state index in [1.54, 1.807) is 18.2 Å². The Hall–Kier alpha value is -2.14. The van der Waals surface area contributed by atoms with Gasteiger partial charge < -0.3 is 10.1 Å². The highest BCUT2D eigenvalue weighted by Gasteiger charge is 2.23. The van der Waals surface area contributed by atoms with E-state index in [9.17, 15) is 9.59 Å². The van der Waals surface area contributed by atoms with Gasteiger partial charge >= 0.3 is 0 Å². The molecule has 1 atom stereocenters. The van der Waals surface area contributed by atoms with Crippen LogP contribution in [0.1, 0.15) is 26.3 Å². The second-order valence-corrected chi connectivity index (χ2v) is 6.05. The summed E-state index contributed by atoms with van der Waals surface area (Å²) in [6.07, 6.45) is 0. The molecule has 112 valence electrons. The number of carbonyl (C=O) groups excluding carboxylic acids is 2. The maximum absolute atomic E-state index is 12.7. The average molecular weight is 360 g/mol. The Kier molecular flexibility index (Phi) is 3.98. The van der Waals surface area contributed by atoms with E-state index in [1.165, 1.54) is 0 Å². The number of halogens is 1. The minimum Gasteiger partial charge on any atom is -0.482 e. The van der Waals surface area contributed by atoms with Crippen LogP contribution in [0.4, 0.5) is 5.69 Å². The van der Waals surface area contributed by atoms with Gasteiger partial charge in [-0.15, -0.1) is 0 Å². The number of ether oxygens (including phenoxy) is 1. The van der Waals surface area contributed by atoms with Crippen LogP contribution in [0.2, 0.25) is 0 Å². The summed E-state index contributed by atoms with van der Waals surface area (Å²) in [6, 6.07) is 12.8. The zero-order valence-corrected chi connectivity index (χ0v) is 13.5. The molecule has 5 heteroatoms. The number of hydrogen-bond acceptors (Lipinski definition) is 3. The van der Waals surface area contributed by atoms with Crippen LogP contribution in [-0.4, -0.2) is 18.3 Å². The fraction of sp³-hybridized carbons (Fsp3) is 0.176. The summed E-state index contributed by atoms with van der Waals surface area (Å²) < 4.78 is 5.30. The van der Waals surface area contributed by atoms with E-state index in [1.807, 2.05) is 31.2 Å². The standard InChI is InChI=1S/C17H14BrNO3/c1-10-4-2-3-5-12(10)16(18)17(21)11-6-7-14-13(8-11)19-15(20)9-22-14/h2-8,16H,9H2,1H3,(H,19,20). The van der Waals surface area contributed by atoms with Gasteiger partial charge in [-0.1, -0.05) is 40.2 Å². The average Bonchev–Trinajstić information content (AvgIpc) is 2.53. The molecule has 0 spiro atoms. The minimum absolute atomic E-state index is 0.00454. The molecule has 0 radical (unpaired) electrons. The summed E-state index contributed by atoms with van der Waals surface area (Å²) in [5.74, 6) is 0.307. The van der Waals surface area contributed by atoms with Crippen LogP contribution < -0.4 is 10.1 Å². The van der Waals surface area contributed by atoms with Crippen molar-refractivity contribution in [3.8, 4) is 5.75 Å². The molecule has 0 aliphatic carbocycles. The first kappa shape index (κ1) is 14.8. The maximum atomic E-state index is 12.7. The molecule has 1 N–H and O–H groups in total. The summed E-state index contributed by atoms with van der Waals surface area (Å²) in [7, 11) is 0. The third-order valence-electron chi connectivity index (χ3n) is 3.59. The highest BCUT2D eigenvalue weighted by Crippen LogP contribution is 2.33. The van der Waals surface area contributed by atoms with Crippen molar-refractivity contribution in [1.29, 1.82) is 0 Å². The molecule has 0 saturated carbocycles. The van der Waals surface area contributed by atoms with Gasteiger partial charge in [-0.2, -0.15) is 0 Å². The van der Waals surface area contributed by atoms with Crippen LogP contribution in [0.3, 0.4) is 0 Å². The zero-order valence-electron chi connectivity index (χ0n) is 11.9. The van der Waals surface area contributed by atoms with Gasteiger partial charge in [-0.05, 0) is 36.2 Å². The molecule has 1 amide bonds. The van der Waals surface area contributed by atoms with Crippen molar-refractivity contribution in [2.75, 3.05) is 11.9 Å². The van der Waals surface area contributed by atoms with Crippen LogP contribution in [0, 0.1) is 6.92 Å². The zero-order chi connectivity index (χ0) is 15.7. The Morgan fingerprint density at radius 1 is 1.27 bits per heavy atom. The molecule has 0 bridgehead atoms. The number of hydrogen-bond donors (Lipinski definition) is 1. The van der Waals surface area contributed by atoms with Crippen molar-refractivity contribution in [2.45, 2.75) is 11.8 Å². The van der Waals surface area contributed by atoms with E-state index >= 15 is 0 Å². The van der Waals surface area contributed by atoms with E-state index in [-0.39, 0.29) is 18.3 Å². The first-order valence-corrected chi connectivity index (χ1v) is 7.78. The number of benzene rings is 2. The van der Waals surface area contributed by atoms with Gasteiger partial charge in [0.2, 0.25) is 0 Å². The summed E-state index contributed by atoms with van der Waals surface area (Å²) in [5.41, 5.74) is 3.04. The van der Waals surface area contributed by atoms with Crippen LogP contribution in [0.25, 0.3) is 0 Å². The number of fused-ring (bicyclic) bond motifs is 1. The molecule has 4 nitrogen and oxygen atoms in total. The number of aryl methyl sites for hydroxylation is 1. The van der Waals surface area contributed by atoms with E-state index in [0.717, 1.165) is 11.1 Å². The van der Waals surface area contributed by atoms with E-state index in [2.05, 4.69) is 21.2 Å². The van der Waals surface area contributed by atoms with E-state index in [0.29, 0.717) is 17.0 Å². The molecular formula is C17H14BrNO3. The van der Waals surface area contributed by atoms with Crippen molar-refractivity contribution in [3.05, 3.63) is 59.2 Å². The second kappa shape index (κ2) is 5.93. The van der Waals surface area contributed by atoms with Crippen molar-refractivity contribution >= 4 is 33.3 Å². The molecule has 0 saturated heterocycles. The molecule has 22 heavy (non-hydrogen) atoms. The van der Waals surface area contributed by atoms with Crippen molar-refractivity contribution in [1.82, 2.24) is 0 Å². The first-order chi connectivity index (χ1) is 10.6. The van der Waals surface area contributed by atoms with Crippen LogP contribution >= 0.6 is 15.9 Å². The lowest BCUT2D eigenvalue weighted by molar-refractivity contribution is -0.118. The lowest BCUT2D eigenvalue weighted by Gasteiger charge is -2.19. The molecule has 0 aromatic heterocycles. The molecule has 2 aromatic rings. The fourth-order valence-electron chi connectivity index (χ4n) is 2.40. The van der Waals surface area contributed by atoms with Gasteiger partial charge in [0.25, 0.3) is 5.91 Å². The molecule has 1 heterocycles. The van der Waals surface area contributed by atoms with E-state index < -0.39 is 4.83 Å². The number of Topliss-reactive ketones (excluding diaryl/α,β-unsaturated/α-hetero) is 1. The lowest BCUT2D eigenvalue weighted by Crippen LogP contribution is -2.25. The molecule has 2 aromatic carbocycles. The summed E-state index contributed by atoms with van der Waals surface area (Å²) in [6.45, 7) is 1.97. The van der Waals surface area contributed by atoms with Crippen molar-refractivity contribution in [3.63, 3.8) is 0 Å². The molecule has 1 aliphatic rings. The highest BCUT2D eigenvalue weighted by atomic mass is 79.9. The number of alkyl halides is 1. The first-order valence-electron chi connectivity index (χ1n) is 6.87. The Balaban J connectivity index is 1.91. The van der Waals surface area contributed by atoms with Gasteiger partial charge in [0.1, 0.15) is 10.6 Å². The molecule has 0 fully saturated rings. The monoisotopic (exact) mass is 359 g/mol. The highest BCUT2D eigenvalue weighted by molar-refractivity contribution is 9.09. The number of amides is 1. The summed E-state index contributed by atoms with van der Waals surface area (Å²) >= 11 is 3.48. The second-order valence-electron chi connectivity index (χ2n) is 5.13. The SMILES string of the molecule is Cc1ccccc1C(Br)C(=O)c1ccc2c(c1)NC(=O)CO2. The van der Waals surface area contributed by atoms with Crippen LogP contribution in [0.5, 0.6) is 5.75 Å². The van der Waals surface area contributed by atoms with Crippen LogP contribution in [0.15, 0.2) is 42.5 Å². The normalized spacial score (nSPS) is 14.5. The smallest absolute Gasteiger partial charge is 0.262 e. The quantitative estimate of drug-likeness (QED) is 0.672. The van der Waals surface area contributed by atoms with Gasteiger partial charge in [0, 0.05) is 5.56 Å². The summed E-state index contributed by atoms with van der Waals surface area (Å²) in [5, 5.41) is 2.71. The molecule has 1 unspecified atom stereocenters. The Morgan fingerprint density at radius 3 is 2.82 bits per heavy atom. The van der Waals surface area contributed by atoms with E-state index in [4.69, 9.17) is 4.74 Å². The number of nitrogens with one attached hydrogen (secondary N) is 1. The largest absolute Gasteiger partial charge is 0.482 e. The Morgan fingerprint density at radius 2 is 2.05 bits per heavy atom.